The topological polar surface area (TPSA) is 63.9 Å². The third kappa shape index (κ3) is 3.22. The van der Waals surface area contributed by atoms with Crippen LogP contribution in [0.15, 0.2) is 55.1 Å². The summed E-state index contributed by atoms with van der Waals surface area (Å²) in [6.45, 7) is 3.40. The summed E-state index contributed by atoms with van der Waals surface area (Å²) in [6, 6.07) is 9.46. The van der Waals surface area contributed by atoms with E-state index in [-0.39, 0.29) is 11.8 Å². The minimum Gasteiger partial charge on any atom is -0.338 e. The Kier molecular flexibility index (Phi) is 4.48. The van der Waals surface area contributed by atoms with Crippen molar-refractivity contribution in [2.45, 2.75) is 25.7 Å². The summed E-state index contributed by atoms with van der Waals surface area (Å²) in [5.41, 5.74) is 1.67. The molecule has 26 heavy (non-hydrogen) atoms. The number of carbonyl (C=O) groups excluding carboxylic acids is 1. The number of carbonyl (C=O) groups is 1. The second-order valence-electron chi connectivity index (χ2n) is 6.60. The average Bonchev–Trinajstić information content (AvgIpc) is 3.14. The highest BCUT2D eigenvalue weighted by Crippen LogP contribution is 2.26. The maximum atomic E-state index is 12.8. The largest absolute Gasteiger partial charge is 0.338 e. The van der Waals surface area contributed by atoms with E-state index in [0.717, 1.165) is 42.3 Å². The lowest BCUT2D eigenvalue weighted by Crippen LogP contribution is -2.39. The van der Waals surface area contributed by atoms with Crippen LogP contribution in [-0.4, -0.2) is 43.4 Å². The highest BCUT2D eigenvalue weighted by molar-refractivity contribution is 5.94. The molecule has 0 saturated carbocycles. The molecule has 1 aromatic carbocycles. The summed E-state index contributed by atoms with van der Waals surface area (Å²) >= 11 is 0. The van der Waals surface area contributed by atoms with Crippen molar-refractivity contribution in [2.24, 2.45) is 0 Å². The molecule has 1 fully saturated rings. The highest BCUT2D eigenvalue weighted by atomic mass is 16.2. The molecular weight excluding hydrogens is 326 g/mol. The van der Waals surface area contributed by atoms with Gasteiger partial charge in [0.2, 0.25) is 0 Å². The van der Waals surface area contributed by atoms with Crippen LogP contribution in [0.2, 0.25) is 0 Å². The first-order chi connectivity index (χ1) is 12.7. The van der Waals surface area contributed by atoms with E-state index in [1.165, 1.54) is 0 Å². The molecular formula is C20H21N5O. The third-order valence-corrected chi connectivity index (χ3v) is 4.86. The van der Waals surface area contributed by atoms with Gasteiger partial charge in [-0.25, -0.2) is 9.97 Å². The Balaban J connectivity index is 1.55. The molecule has 0 bridgehead atoms. The summed E-state index contributed by atoms with van der Waals surface area (Å²) in [6.07, 6.45) is 9.18. The lowest BCUT2D eigenvalue weighted by Gasteiger charge is -2.32. The Hall–Kier alpha value is -3.02. The molecule has 6 nitrogen and oxygen atoms in total. The van der Waals surface area contributed by atoms with Crippen LogP contribution < -0.4 is 0 Å². The summed E-state index contributed by atoms with van der Waals surface area (Å²) in [5, 5.41) is 0. The molecule has 1 atom stereocenters. The van der Waals surface area contributed by atoms with Crippen molar-refractivity contribution in [3.05, 3.63) is 72.2 Å². The molecule has 3 heterocycles. The first kappa shape index (κ1) is 16.4. The van der Waals surface area contributed by atoms with Gasteiger partial charge in [0.15, 0.2) is 5.82 Å². The molecule has 1 aliphatic heterocycles. The zero-order chi connectivity index (χ0) is 17.9. The first-order valence-corrected chi connectivity index (χ1v) is 8.89. The second kappa shape index (κ2) is 7.07. The van der Waals surface area contributed by atoms with Crippen LogP contribution in [-0.2, 0) is 0 Å². The van der Waals surface area contributed by atoms with E-state index in [4.69, 9.17) is 4.98 Å². The number of amides is 1. The van der Waals surface area contributed by atoms with E-state index in [9.17, 15) is 4.79 Å². The Bertz CT molecular complexity index is 905. The van der Waals surface area contributed by atoms with Gasteiger partial charge in [0, 0.05) is 43.2 Å². The maximum Gasteiger partial charge on any atom is 0.253 e. The number of likely N-dealkylation sites (tertiary alicyclic amines) is 1. The first-order valence-electron chi connectivity index (χ1n) is 8.89. The van der Waals surface area contributed by atoms with E-state index in [1.54, 1.807) is 12.4 Å². The highest BCUT2D eigenvalue weighted by Gasteiger charge is 2.26. The van der Waals surface area contributed by atoms with Gasteiger partial charge >= 0.3 is 0 Å². The smallest absolute Gasteiger partial charge is 0.253 e. The molecule has 3 aromatic rings. The zero-order valence-electron chi connectivity index (χ0n) is 14.7. The molecule has 6 heteroatoms. The number of imidazole rings is 1. The van der Waals surface area contributed by atoms with Crippen LogP contribution in [0.5, 0.6) is 0 Å². The Morgan fingerprint density at radius 2 is 2.04 bits per heavy atom. The zero-order valence-corrected chi connectivity index (χ0v) is 14.7. The monoisotopic (exact) mass is 347 g/mol. The Morgan fingerprint density at radius 3 is 2.81 bits per heavy atom. The number of hydrogen-bond donors (Lipinski definition) is 0. The molecule has 132 valence electrons. The molecule has 4 rings (SSSR count). The van der Waals surface area contributed by atoms with Gasteiger partial charge < -0.3 is 4.90 Å². The Morgan fingerprint density at radius 1 is 1.19 bits per heavy atom. The van der Waals surface area contributed by atoms with Crippen LogP contribution >= 0.6 is 0 Å². The third-order valence-electron chi connectivity index (χ3n) is 4.86. The SMILES string of the molecule is Cc1nccn1-c1cncc(C2CCCN(C(=O)c3ccccc3)C2)n1. The van der Waals surface area contributed by atoms with Crippen molar-refractivity contribution in [3.8, 4) is 5.82 Å². The van der Waals surface area contributed by atoms with Gasteiger partial charge in [-0.3, -0.25) is 14.3 Å². The van der Waals surface area contributed by atoms with Crippen molar-refractivity contribution in [3.63, 3.8) is 0 Å². The average molecular weight is 347 g/mol. The normalized spacial score (nSPS) is 17.3. The fourth-order valence-electron chi connectivity index (χ4n) is 3.47. The Labute approximate surface area is 152 Å². The molecule has 0 N–H and O–H groups in total. The van der Waals surface area contributed by atoms with Crippen LogP contribution in [0.1, 0.15) is 40.6 Å². The lowest BCUT2D eigenvalue weighted by molar-refractivity contribution is 0.0706. The number of piperidine rings is 1. The van der Waals surface area contributed by atoms with Crippen molar-refractivity contribution in [2.75, 3.05) is 13.1 Å². The molecule has 1 aliphatic rings. The number of hydrogen-bond acceptors (Lipinski definition) is 4. The predicted octanol–water partition coefficient (Wildman–Crippen LogP) is 2.99. The van der Waals surface area contributed by atoms with Gasteiger partial charge in [0.05, 0.1) is 11.9 Å². The van der Waals surface area contributed by atoms with E-state index < -0.39 is 0 Å². The molecule has 1 saturated heterocycles. The number of aromatic nitrogens is 4. The summed E-state index contributed by atoms with van der Waals surface area (Å²) in [7, 11) is 0. The van der Waals surface area contributed by atoms with E-state index >= 15 is 0 Å². The van der Waals surface area contributed by atoms with Crippen LogP contribution in [0.25, 0.3) is 5.82 Å². The number of rotatable bonds is 3. The van der Waals surface area contributed by atoms with Gasteiger partial charge in [-0.05, 0) is 31.9 Å². The van der Waals surface area contributed by atoms with Crippen molar-refractivity contribution >= 4 is 5.91 Å². The van der Waals surface area contributed by atoms with Crippen LogP contribution in [0.3, 0.4) is 0 Å². The minimum atomic E-state index is 0.0878. The van der Waals surface area contributed by atoms with E-state index in [1.807, 2.05) is 59.1 Å². The lowest BCUT2D eigenvalue weighted by atomic mass is 9.94. The van der Waals surface area contributed by atoms with Gasteiger partial charge in [-0.2, -0.15) is 0 Å². The second-order valence-corrected chi connectivity index (χ2v) is 6.60. The van der Waals surface area contributed by atoms with E-state index in [0.29, 0.717) is 6.54 Å². The molecule has 2 aromatic heterocycles. The van der Waals surface area contributed by atoms with Crippen molar-refractivity contribution in [1.29, 1.82) is 0 Å². The fraction of sp³-hybridized carbons (Fsp3) is 0.300. The van der Waals surface area contributed by atoms with Crippen molar-refractivity contribution < 1.29 is 4.79 Å². The summed E-state index contributed by atoms with van der Waals surface area (Å²) < 4.78 is 1.92. The number of nitrogens with zero attached hydrogens (tertiary/aromatic N) is 5. The minimum absolute atomic E-state index is 0.0878. The number of aryl methyl sites for hydroxylation is 1. The van der Waals surface area contributed by atoms with Gasteiger partial charge in [0.1, 0.15) is 5.82 Å². The molecule has 0 spiro atoms. The van der Waals surface area contributed by atoms with E-state index in [2.05, 4.69) is 9.97 Å². The molecule has 1 amide bonds. The molecule has 1 unspecified atom stereocenters. The fourth-order valence-corrected chi connectivity index (χ4v) is 3.47. The summed E-state index contributed by atoms with van der Waals surface area (Å²) in [5.74, 6) is 1.93. The molecule has 0 aliphatic carbocycles. The van der Waals surface area contributed by atoms with Gasteiger partial charge in [-0.1, -0.05) is 18.2 Å². The van der Waals surface area contributed by atoms with Crippen molar-refractivity contribution in [1.82, 2.24) is 24.4 Å². The van der Waals surface area contributed by atoms with Gasteiger partial charge in [-0.15, -0.1) is 0 Å². The summed E-state index contributed by atoms with van der Waals surface area (Å²) in [4.78, 5) is 28.1. The van der Waals surface area contributed by atoms with Gasteiger partial charge in [0.25, 0.3) is 5.91 Å². The quantitative estimate of drug-likeness (QED) is 0.731. The predicted molar refractivity (Wildman–Crippen MR) is 98.2 cm³/mol. The number of benzene rings is 1. The molecule has 0 radical (unpaired) electrons. The standard InChI is InChI=1S/C20H21N5O/c1-15-22-9-11-25(15)19-13-21-12-18(23-19)17-8-5-10-24(14-17)20(26)16-6-3-2-4-7-16/h2-4,6-7,9,11-13,17H,5,8,10,14H2,1H3. The maximum absolute atomic E-state index is 12.8. The van der Waals surface area contributed by atoms with Crippen LogP contribution in [0, 0.1) is 6.92 Å². The van der Waals surface area contributed by atoms with Crippen LogP contribution in [0.4, 0.5) is 0 Å².